The number of nitrogens with zero attached hydrogens (tertiary/aromatic N) is 1. The van der Waals surface area contributed by atoms with Crippen LogP contribution in [0.15, 0.2) is 47.4 Å². The van der Waals surface area contributed by atoms with E-state index in [1.807, 2.05) is 12.1 Å². The summed E-state index contributed by atoms with van der Waals surface area (Å²) in [5.74, 6) is 0.853. The Labute approximate surface area is 183 Å². The lowest BCUT2D eigenvalue weighted by Crippen LogP contribution is -2.41. The Morgan fingerprint density at radius 1 is 1.00 bits per heavy atom. The molecule has 7 nitrogen and oxygen atoms in total. The minimum atomic E-state index is -3.66. The highest BCUT2D eigenvalue weighted by Gasteiger charge is 2.33. The van der Waals surface area contributed by atoms with Gasteiger partial charge in [0.15, 0.2) is 11.5 Å². The Morgan fingerprint density at radius 2 is 1.66 bits per heavy atom. The number of sulfonamides is 1. The maximum atomic E-state index is 13.0. The van der Waals surface area contributed by atoms with Crippen molar-refractivity contribution in [1.29, 1.82) is 0 Å². The second-order valence-electron chi connectivity index (χ2n) is 6.86. The van der Waals surface area contributed by atoms with Gasteiger partial charge in [0, 0.05) is 22.7 Å². The molecule has 0 unspecified atom stereocenters. The highest BCUT2D eigenvalue weighted by atomic mass is 127. The van der Waals surface area contributed by atoms with Crippen LogP contribution in [-0.4, -0.2) is 45.0 Å². The van der Waals surface area contributed by atoms with Crippen LogP contribution < -0.4 is 14.2 Å². The number of halogens is 1. The van der Waals surface area contributed by atoms with Gasteiger partial charge in [-0.25, -0.2) is 8.42 Å². The van der Waals surface area contributed by atoms with Crippen molar-refractivity contribution in [2.75, 3.05) is 26.3 Å². The Morgan fingerprint density at radius 3 is 2.34 bits per heavy atom. The van der Waals surface area contributed by atoms with Crippen LogP contribution in [0.1, 0.15) is 12.8 Å². The molecule has 0 atom stereocenters. The van der Waals surface area contributed by atoms with Crippen LogP contribution in [0.4, 0.5) is 0 Å². The Balaban J connectivity index is 1.39. The first-order valence-electron chi connectivity index (χ1n) is 9.30. The van der Waals surface area contributed by atoms with Gasteiger partial charge in [0.05, 0.1) is 10.8 Å². The fourth-order valence-corrected chi connectivity index (χ4v) is 5.21. The lowest BCUT2D eigenvalue weighted by atomic mass is 9.98. The van der Waals surface area contributed by atoms with E-state index >= 15 is 0 Å². The Kier molecular flexibility index (Phi) is 5.98. The zero-order valence-electron chi connectivity index (χ0n) is 15.5. The molecule has 1 fully saturated rings. The van der Waals surface area contributed by atoms with Gasteiger partial charge < -0.3 is 14.2 Å². The van der Waals surface area contributed by atoms with Crippen molar-refractivity contribution >= 4 is 38.6 Å². The smallest absolute Gasteiger partial charge is 0.314 e. The molecule has 2 aromatic rings. The van der Waals surface area contributed by atoms with E-state index in [0.29, 0.717) is 43.3 Å². The molecule has 9 heteroatoms. The van der Waals surface area contributed by atoms with Crippen molar-refractivity contribution in [3.63, 3.8) is 0 Å². The zero-order valence-corrected chi connectivity index (χ0v) is 18.5. The third-order valence-electron chi connectivity index (χ3n) is 4.97. The van der Waals surface area contributed by atoms with E-state index in [1.54, 1.807) is 18.2 Å². The van der Waals surface area contributed by atoms with Gasteiger partial charge in [0.1, 0.15) is 19.0 Å². The largest absolute Gasteiger partial charge is 0.486 e. The maximum absolute atomic E-state index is 13.0. The summed E-state index contributed by atoms with van der Waals surface area (Å²) in [6, 6.07) is 11.9. The molecule has 0 N–H and O–H groups in total. The number of hydrogen-bond donors (Lipinski definition) is 0. The molecule has 0 spiro atoms. The normalized spacial score (nSPS) is 17.7. The molecule has 2 aliphatic heterocycles. The number of carbonyl (C=O) groups excluding carboxylic acids is 1. The van der Waals surface area contributed by atoms with Gasteiger partial charge in [-0.3, -0.25) is 4.79 Å². The van der Waals surface area contributed by atoms with E-state index < -0.39 is 10.0 Å². The van der Waals surface area contributed by atoms with Gasteiger partial charge in [0.25, 0.3) is 0 Å². The first kappa shape index (κ1) is 20.4. The summed E-state index contributed by atoms with van der Waals surface area (Å²) >= 11 is 2.18. The maximum Gasteiger partial charge on any atom is 0.314 e. The zero-order chi connectivity index (χ0) is 20.4. The summed E-state index contributed by atoms with van der Waals surface area (Å²) in [5, 5.41) is 0. The second-order valence-corrected chi connectivity index (χ2v) is 10.0. The van der Waals surface area contributed by atoms with E-state index in [1.165, 1.54) is 16.4 Å². The highest BCUT2D eigenvalue weighted by molar-refractivity contribution is 14.1. The standard InChI is InChI=1S/C20H20INO6S/c21-15-1-3-16(4-2-15)28-20(23)14-7-9-22(10-8-14)29(24,25)17-5-6-18-19(13-17)27-12-11-26-18/h1-6,13-14H,7-12H2. The van der Waals surface area contributed by atoms with Crippen LogP contribution >= 0.6 is 22.6 Å². The molecule has 0 aliphatic carbocycles. The number of rotatable bonds is 4. The molecule has 1 saturated heterocycles. The van der Waals surface area contributed by atoms with Crippen molar-refractivity contribution < 1.29 is 27.4 Å². The summed E-state index contributed by atoms with van der Waals surface area (Å²) in [5.41, 5.74) is 0. The molecule has 154 valence electrons. The second kappa shape index (κ2) is 8.49. The number of carbonyl (C=O) groups is 1. The van der Waals surface area contributed by atoms with Crippen molar-refractivity contribution in [2.24, 2.45) is 5.92 Å². The fourth-order valence-electron chi connectivity index (χ4n) is 3.37. The molecule has 2 aromatic carbocycles. The molecule has 0 amide bonds. The monoisotopic (exact) mass is 529 g/mol. The summed E-state index contributed by atoms with van der Waals surface area (Å²) < 4.78 is 44.8. The van der Waals surface area contributed by atoms with E-state index in [-0.39, 0.29) is 29.9 Å². The minimum absolute atomic E-state index is 0.168. The molecule has 0 aromatic heterocycles. The quantitative estimate of drug-likeness (QED) is 0.344. The molecule has 2 heterocycles. The SMILES string of the molecule is O=C(Oc1ccc(I)cc1)C1CCN(S(=O)(=O)c2ccc3c(c2)OCCO3)CC1. The van der Waals surface area contributed by atoms with Crippen molar-refractivity contribution in [3.8, 4) is 17.2 Å². The highest BCUT2D eigenvalue weighted by Crippen LogP contribution is 2.34. The van der Waals surface area contributed by atoms with Gasteiger partial charge in [-0.1, -0.05) is 0 Å². The average Bonchev–Trinajstić information content (AvgIpc) is 2.75. The molecule has 29 heavy (non-hydrogen) atoms. The van der Waals surface area contributed by atoms with Crippen LogP contribution in [0.25, 0.3) is 0 Å². The van der Waals surface area contributed by atoms with Crippen molar-refractivity contribution in [1.82, 2.24) is 4.31 Å². The van der Waals surface area contributed by atoms with Crippen LogP contribution in [0.5, 0.6) is 17.2 Å². The fraction of sp³-hybridized carbons (Fsp3) is 0.350. The summed E-state index contributed by atoms with van der Waals surface area (Å²) in [4.78, 5) is 12.6. The van der Waals surface area contributed by atoms with Gasteiger partial charge in [-0.2, -0.15) is 4.31 Å². The van der Waals surface area contributed by atoms with Gasteiger partial charge in [-0.15, -0.1) is 0 Å². The predicted octanol–water partition coefficient (Wildman–Crippen LogP) is 3.07. The van der Waals surface area contributed by atoms with Crippen LogP contribution in [-0.2, 0) is 14.8 Å². The average molecular weight is 529 g/mol. The van der Waals surface area contributed by atoms with E-state index in [9.17, 15) is 13.2 Å². The van der Waals surface area contributed by atoms with Gasteiger partial charge in [-0.05, 0) is 71.8 Å². The van der Waals surface area contributed by atoms with E-state index in [2.05, 4.69) is 22.6 Å². The number of ether oxygens (including phenoxy) is 3. The summed E-state index contributed by atoms with van der Waals surface area (Å²) in [6.45, 7) is 1.38. The van der Waals surface area contributed by atoms with Crippen LogP contribution in [0.2, 0.25) is 0 Å². The number of fused-ring (bicyclic) bond motifs is 1. The minimum Gasteiger partial charge on any atom is -0.486 e. The third kappa shape index (κ3) is 4.51. The number of esters is 1. The van der Waals surface area contributed by atoms with E-state index in [0.717, 1.165) is 3.57 Å². The molecule has 2 aliphatic rings. The van der Waals surface area contributed by atoms with Gasteiger partial charge >= 0.3 is 5.97 Å². The Bertz CT molecular complexity index is 1000. The van der Waals surface area contributed by atoms with Crippen LogP contribution in [0.3, 0.4) is 0 Å². The predicted molar refractivity (Wildman–Crippen MR) is 114 cm³/mol. The number of hydrogen-bond acceptors (Lipinski definition) is 6. The number of benzene rings is 2. The first-order valence-corrected chi connectivity index (χ1v) is 11.8. The molecular formula is C20H20INO6S. The number of piperidine rings is 1. The van der Waals surface area contributed by atoms with Crippen molar-refractivity contribution in [2.45, 2.75) is 17.7 Å². The van der Waals surface area contributed by atoms with E-state index in [4.69, 9.17) is 14.2 Å². The molecule has 0 bridgehead atoms. The lowest BCUT2D eigenvalue weighted by molar-refractivity contribution is -0.140. The molecule has 4 rings (SSSR count). The first-order chi connectivity index (χ1) is 13.9. The summed E-state index contributed by atoms with van der Waals surface area (Å²) in [7, 11) is -3.66. The van der Waals surface area contributed by atoms with Crippen molar-refractivity contribution in [3.05, 3.63) is 46.0 Å². The third-order valence-corrected chi connectivity index (χ3v) is 7.58. The topological polar surface area (TPSA) is 82.1 Å². The van der Waals surface area contributed by atoms with Gasteiger partial charge in [0.2, 0.25) is 10.0 Å². The molecule has 0 radical (unpaired) electrons. The Hall–Kier alpha value is -1.85. The summed E-state index contributed by atoms with van der Waals surface area (Å²) in [6.07, 6.45) is 0.847. The lowest BCUT2D eigenvalue weighted by Gasteiger charge is -2.30. The molecule has 0 saturated carbocycles. The van der Waals surface area contributed by atoms with Crippen LogP contribution in [0, 0.1) is 9.49 Å². The molecular weight excluding hydrogens is 509 g/mol.